The quantitative estimate of drug-likeness (QED) is 0.0479. The molecular formula is C78H118N12O11. The van der Waals surface area contributed by atoms with Crippen LogP contribution in [0, 0.1) is 17.8 Å². The normalized spacial score (nSPS) is 20.0. The average molecular weight is 1400 g/mol. The van der Waals surface area contributed by atoms with Crippen LogP contribution in [0.2, 0.25) is 0 Å². The number of ether oxygens (including phenoxy) is 4. The number of hydrogen-bond donors (Lipinski definition) is 3. The molecule has 0 amide bonds. The monoisotopic (exact) mass is 1400 g/mol. The lowest BCUT2D eigenvalue weighted by Gasteiger charge is -2.32. The maximum absolute atomic E-state index is 9.55. The zero-order chi connectivity index (χ0) is 70.5. The Labute approximate surface area is 599 Å². The van der Waals surface area contributed by atoms with E-state index in [-0.39, 0.29) is 12.6 Å². The summed E-state index contributed by atoms with van der Waals surface area (Å²) in [6, 6.07) is 13.7. The van der Waals surface area contributed by atoms with Crippen molar-refractivity contribution in [2.75, 3.05) is 175 Å². The third kappa shape index (κ3) is 21.9. The van der Waals surface area contributed by atoms with Crippen LogP contribution in [0.1, 0.15) is 149 Å². The Balaban J connectivity index is 0.000000145. The molecule has 0 aliphatic carbocycles. The van der Waals surface area contributed by atoms with Crippen molar-refractivity contribution in [3.05, 3.63) is 82.3 Å². The third-order valence-electron chi connectivity index (χ3n) is 21.7. The molecule has 0 bridgehead atoms. The molecule has 8 saturated heterocycles. The molecule has 8 fully saturated rings. The summed E-state index contributed by atoms with van der Waals surface area (Å²) in [5.41, 5.74) is 14.3. The molecule has 14 rings (SSSR count). The lowest BCUT2D eigenvalue weighted by atomic mass is 9.91. The second-order valence-corrected chi connectivity index (χ2v) is 30.2. The zero-order valence-corrected chi connectivity index (χ0v) is 61.7. The smallest absolute Gasteiger partial charge is 0.328 e. The molecule has 3 aromatic heterocycles. The van der Waals surface area contributed by atoms with Gasteiger partial charge in [-0.05, 0) is 271 Å². The van der Waals surface area contributed by atoms with Crippen LogP contribution in [0.15, 0.2) is 62.1 Å². The minimum atomic E-state index is -1.26. The number of likely N-dealkylation sites (tertiary alicyclic amines) is 2. The second kappa shape index (κ2) is 38.5. The van der Waals surface area contributed by atoms with Gasteiger partial charge in [0.1, 0.15) is 0 Å². The number of aryl methyl sites for hydroxylation is 3. The first-order valence-corrected chi connectivity index (χ1v) is 38.3. The summed E-state index contributed by atoms with van der Waals surface area (Å²) in [5, 5.41) is 36.4. The largest absolute Gasteiger partial charge is 0.478 e. The van der Waals surface area contributed by atoms with Crippen LogP contribution in [-0.4, -0.2) is 235 Å². The number of rotatable bonds is 24. The summed E-state index contributed by atoms with van der Waals surface area (Å²) < 4.78 is 40.4. The lowest BCUT2D eigenvalue weighted by Crippen LogP contribution is -2.39. The Morgan fingerprint density at radius 1 is 0.436 bits per heavy atom. The molecule has 11 heterocycles. The third-order valence-corrected chi connectivity index (χ3v) is 21.7. The summed E-state index contributed by atoms with van der Waals surface area (Å²) in [5.74, 6) is -0.175. The predicted octanol–water partition coefficient (Wildman–Crippen LogP) is 11.3. The van der Waals surface area contributed by atoms with E-state index < -0.39 is 11.9 Å². The Bertz CT molecular complexity index is 3350. The van der Waals surface area contributed by atoms with Crippen LogP contribution in [0.25, 0.3) is 32.9 Å². The molecule has 23 nitrogen and oxygen atoms in total. The Kier molecular flexibility index (Phi) is 28.9. The van der Waals surface area contributed by atoms with Crippen molar-refractivity contribution in [1.82, 2.24) is 45.3 Å². The van der Waals surface area contributed by atoms with Gasteiger partial charge in [0, 0.05) is 134 Å². The van der Waals surface area contributed by atoms with E-state index in [0.29, 0.717) is 12.2 Å². The number of carboxylic acid groups (broad SMARTS) is 2. The number of carboxylic acids is 2. The van der Waals surface area contributed by atoms with E-state index in [1.807, 2.05) is 0 Å². The highest BCUT2D eigenvalue weighted by Gasteiger charge is 2.30. The average Bonchev–Trinajstić information content (AvgIpc) is 1.51. The van der Waals surface area contributed by atoms with Gasteiger partial charge in [-0.15, -0.1) is 0 Å². The van der Waals surface area contributed by atoms with Crippen molar-refractivity contribution < 1.29 is 52.3 Å². The summed E-state index contributed by atoms with van der Waals surface area (Å²) in [6.07, 6.45) is 27.0. The van der Waals surface area contributed by atoms with E-state index in [2.05, 4.69) is 139 Å². The van der Waals surface area contributed by atoms with Gasteiger partial charge in [0.25, 0.3) is 0 Å². The van der Waals surface area contributed by atoms with Crippen molar-refractivity contribution in [3.8, 4) is 0 Å². The van der Waals surface area contributed by atoms with Crippen LogP contribution in [0.3, 0.4) is 0 Å². The Morgan fingerprint density at radius 2 is 0.733 bits per heavy atom. The maximum Gasteiger partial charge on any atom is 0.328 e. The first-order chi connectivity index (χ1) is 49.2. The fourth-order valence-electron chi connectivity index (χ4n) is 16.2. The first-order valence-electron chi connectivity index (χ1n) is 38.3. The van der Waals surface area contributed by atoms with Gasteiger partial charge in [-0.1, -0.05) is 15.5 Å². The number of aliphatic carboxylic acids is 2. The summed E-state index contributed by atoms with van der Waals surface area (Å²) >= 11 is 0. The fourth-order valence-corrected chi connectivity index (χ4v) is 16.2. The molecule has 23 heteroatoms. The molecular weight excluding hydrogens is 1280 g/mol. The van der Waals surface area contributed by atoms with Gasteiger partial charge in [-0.2, -0.15) is 0 Å². The molecule has 0 atom stereocenters. The fraction of sp³-hybridized carbons (Fsp3) is 0.679. The molecule has 0 radical (unpaired) electrons. The highest BCUT2D eigenvalue weighted by atomic mass is 16.7. The number of fused-ring (bicyclic) bond motifs is 3. The van der Waals surface area contributed by atoms with E-state index in [9.17, 15) is 9.59 Å². The van der Waals surface area contributed by atoms with Gasteiger partial charge in [0.2, 0.25) is 0 Å². The highest BCUT2D eigenvalue weighted by molar-refractivity contribution is 5.91. The summed E-state index contributed by atoms with van der Waals surface area (Å²) in [6.45, 7) is 21.2. The molecule has 6 aromatic rings. The molecule has 8 aliphatic rings. The van der Waals surface area contributed by atoms with Gasteiger partial charge >= 0.3 is 11.9 Å². The van der Waals surface area contributed by atoms with Crippen LogP contribution in [0.5, 0.6) is 0 Å². The summed E-state index contributed by atoms with van der Waals surface area (Å²) in [7, 11) is 12.8. The number of nitrogens with one attached hydrogen (secondary N) is 1. The van der Waals surface area contributed by atoms with Crippen molar-refractivity contribution >= 4 is 61.9 Å². The van der Waals surface area contributed by atoms with Crippen molar-refractivity contribution in [2.45, 2.75) is 167 Å². The molecule has 3 aromatic carbocycles. The SMILES string of the molecule is CN(C)Cc1c(N2CCCCC2)ccc2c(CCC3CCN(CC4OCCO4)CC3)noc12.CN(C)Cc1c(N2CCCCC2)ccc2c(CCC3CCN(CC4OCCO4)CC3)noc12.CN(C)Cc1c(N2CCCCC2)ccc2c(CCC3CCNCC3)noc12.O=C(O)/C=C/C(=O)O. The minimum Gasteiger partial charge on any atom is -0.478 e. The van der Waals surface area contributed by atoms with Crippen LogP contribution in [-0.2, 0) is 67.4 Å². The van der Waals surface area contributed by atoms with E-state index in [4.69, 9.17) is 42.7 Å². The van der Waals surface area contributed by atoms with E-state index in [0.717, 1.165) is 209 Å². The Morgan fingerprint density at radius 3 is 1.02 bits per heavy atom. The number of nitrogens with zero attached hydrogens (tertiary/aromatic N) is 11. The molecule has 0 saturated carbocycles. The molecule has 556 valence electrons. The van der Waals surface area contributed by atoms with Gasteiger partial charge < -0.3 is 77.4 Å². The minimum absolute atomic E-state index is 0.0192. The number of hydrogen-bond acceptors (Lipinski definition) is 21. The molecule has 0 unspecified atom stereocenters. The number of benzene rings is 3. The number of aromatic nitrogens is 3. The van der Waals surface area contributed by atoms with Crippen molar-refractivity contribution in [2.24, 2.45) is 17.8 Å². The van der Waals surface area contributed by atoms with E-state index in [1.165, 1.54) is 165 Å². The number of carbonyl (C=O) groups is 2. The molecule has 101 heavy (non-hydrogen) atoms. The lowest BCUT2D eigenvalue weighted by molar-refractivity contribution is -0.134. The molecule has 0 spiro atoms. The van der Waals surface area contributed by atoms with Gasteiger partial charge in [-0.25, -0.2) is 9.59 Å². The molecule has 3 N–H and O–H groups in total. The van der Waals surface area contributed by atoms with Crippen LogP contribution >= 0.6 is 0 Å². The Hall–Kier alpha value is -6.25. The second-order valence-electron chi connectivity index (χ2n) is 30.2. The maximum atomic E-state index is 9.55. The first kappa shape index (κ1) is 75.9. The topological polar surface area (TPSA) is 228 Å². The number of anilines is 3. The van der Waals surface area contributed by atoms with Crippen molar-refractivity contribution in [3.63, 3.8) is 0 Å². The molecule has 8 aliphatic heterocycles. The summed E-state index contributed by atoms with van der Waals surface area (Å²) in [4.78, 5) is 38.4. The van der Waals surface area contributed by atoms with Gasteiger partial charge in [0.05, 0.1) is 43.5 Å². The van der Waals surface area contributed by atoms with Gasteiger partial charge in [-0.3, -0.25) is 9.80 Å². The van der Waals surface area contributed by atoms with Crippen molar-refractivity contribution in [1.29, 1.82) is 0 Å². The van der Waals surface area contributed by atoms with E-state index >= 15 is 0 Å². The highest BCUT2D eigenvalue weighted by Crippen LogP contribution is 2.39. The van der Waals surface area contributed by atoms with Gasteiger partial charge in [0.15, 0.2) is 29.3 Å². The van der Waals surface area contributed by atoms with E-state index in [1.54, 1.807) is 0 Å². The van der Waals surface area contributed by atoms with Crippen LogP contribution < -0.4 is 20.0 Å². The predicted molar refractivity (Wildman–Crippen MR) is 397 cm³/mol. The number of piperidine rings is 6. The zero-order valence-electron chi connectivity index (χ0n) is 61.7. The standard InChI is InChI=1S/2C26H40N4O3.C22H34N4O.C4H4O4/c2*1-28(2)18-22-24(30-12-4-3-5-13-30)9-7-21-23(27-33-26(21)22)8-6-20-10-14-29(15-11-20)19-25-31-16-17-32-25;1-25(2)16-19-21(26-14-4-3-5-15-26)9-7-18-20(24-27-22(18)19)8-6-17-10-12-23-13-11-17;5-3(6)1-2-4(7)8/h2*7,9,20,25H,3-6,8,10-19H2,1-2H3;7,9,17,23H,3-6,8,10-16H2,1-2H3;1-2H,(H,5,6)(H,7,8)/b;;;2-1+. The van der Waals surface area contributed by atoms with Crippen LogP contribution in [0.4, 0.5) is 17.1 Å².